The number of nitrogens with zero attached hydrogens (tertiary/aromatic N) is 1. The summed E-state index contributed by atoms with van der Waals surface area (Å²) in [5.41, 5.74) is 2.94. The van der Waals surface area contributed by atoms with E-state index >= 15 is 0 Å². The van der Waals surface area contributed by atoms with Gasteiger partial charge in [-0.3, -0.25) is 4.79 Å². The van der Waals surface area contributed by atoms with E-state index in [2.05, 4.69) is 5.32 Å². The zero-order valence-electron chi connectivity index (χ0n) is 16.8. The molecule has 0 aromatic heterocycles. The van der Waals surface area contributed by atoms with E-state index in [4.69, 9.17) is 0 Å². The normalized spacial score (nSPS) is 13.0. The Hall–Kier alpha value is -2.44. The number of aryl methyl sites for hydroxylation is 1. The lowest BCUT2D eigenvalue weighted by Gasteiger charge is -2.19. The molecule has 1 atom stereocenters. The average molecular weight is 401 g/mol. The van der Waals surface area contributed by atoms with Gasteiger partial charge >= 0.3 is 0 Å². The SMILES string of the molecule is CCN(CC)S(=O)(=O)c1ccc(C(C)NC(=O)C=Cc2ccccc2C)cc1. The Bertz CT molecular complexity index is 931. The van der Waals surface area contributed by atoms with Crippen molar-refractivity contribution in [3.05, 3.63) is 71.3 Å². The standard InChI is InChI=1S/C22H28N2O3S/c1-5-24(6-2)28(26,27)21-14-11-20(12-15-21)18(4)23-22(25)16-13-19-10-8-7-9-17(19)3/h7-16,18H,5-6H2,1-4H3,(H,23,25). The lowest BCUT2D eigenvalue weighted by atomic mass is 10.1. The maximum atomic E-state index is 12.5. The van der Waals surface area contributed by atoms with Crippen molar-refractivity contribution in [2.75, 3.05) is 13.1 Å². The van der Waals surface area contributed by atoms with Crippen LogP contribution < -0.4 is 5.32 Å². The highest BCUT2D eigenvalue weighted by Crippen LogP contribution is 2.19. The number of rotatable bonds is 8. The van der Waals surface area contributed by atoms with Crippen LogP contribution in [-0.2, 0) is 14.8 Å². The van der Waals surface area contributed by atoms with Gasteiger partial charge in [0, 0.05) is 19.2 Å². The minimum atomic E-state index is -3.48. The van der Waals surface area contributed by atoms with Crippen molar-refractivity contribution in [2.45, 2.75) is 38.6 Å². The number of hydrogen-bond donors (Lipinski definition) is 1. The number of amides is 1. The summed E-state index contributed by atoms with van der Waals surface area (Å²) in [4.78, 5) is 12.5. The van der Waals surface area contributed by atoms with Crippen molar-refractivity contribution in [3.63, 3.8) is 0 Å². The van der Waals surface area contributed by atoms with Gasteiger partial charge in [0.05, 0.1) is 10.9 Å². The van der Waals surface area contributed by atoms with Crippen LogP contribution in [0.3, 0.4) is 0 Å². The van der Waals surface area contributed by atoms with Gasteiger partial charge in [-0.05, 0) is 48.7 Å². The van der Waals surface area contributed by atoms with E-state index in [-0.39, 0.29) is 16.8 Å². The number of nitrogens with one attached hydrogen (secondary N) is 1. The first-order valence-corrected chi connectivity index (χ1v) is 10.9. The molecule has 0 aliphatic heterocycles. The van der Waals surface area contributed by atoms with Crippen molar-refractivity contribution < 1.29 is 13.2 Å². The van der Waals surface area contributed by atoms with Gasteiger partial charge in [0.2, 0.25) is 15.9 Å². The Morgan fingerprint density at radius 2 is 1.68 bits per heavy atom. The van der Waals surface area contributed by atoms with Crippen molar-refractivity contribution in [3.8, 4) is 0 Å². The summed E-state index contributed by atoms with van der Waals surface area (Å²) >= 11 is 0. The summed E-state index contributed by atoms with van der Waals surface area (Å²) in [5.74, 6) is -0.199. The van der Waals surface area contributed by atoms with Crippen molar-refractivity contribution >= 4 is 22.0 Å². The third-order valence-corrected chi connectivity index (χ3v) is 6.75. The second kappa shape index (κ2) is 9.66. The Labute approximate surface area is 168 Å². The van der Waals surface area contributed by atoms with E-state index in [0.29, 0.717) is 13.1 Å². The number of hydrogen-bond acceptors (Lipinski definition) is 3. The van der Waals surface area contributed by atoms with Gasteiger partial charge in [-0.15, -0.1) is 0 Å². The largest absolute Gasteiger partial charge is 0.346 e. The second-order valence-corrected chi connectivity index (χ2v) is 8.52. The molecule has 1 amide bonds. The molecular formula is C22H28N2O3S. The van der Waals surface area contributed by atoms with E-state index in [1.165, 1.54) is 10.4 Å². The molecule has 1 unspecified atom stereocenters. The molecule has 5 nitrogen and oxygen atoms in total. The summed E-state index contributed by atoms with van der Waals surface area (Å²) in [6, 6.07) is 14.3. The Morgan fingerprint density at radius 3 is 2.25 bits per heavy atom. The molecule has 0 saturated heterocycles. The summed E-state index contributed by atoms with van der Waals surface area (Å²) in [7, 11) is -3.48. The maximum absolute atomic E-state index is 12.5. The van der Waals surface area contributed by atoms with Crippen molar-refractivity contribution in [1.29, 1.82) is 0 Å². The zero-order chi connectivity index (χ0) is 20.7. The molecule has 0 saturated carbocycles. The predicted octanol–water partition coefficient (Wildman–Crippen LogP) is 3.92. The Balaban J connectivity index is 2.06. The van der Waals surface area contributed by atoms with Gasteiger partial charge in [0.1, 0.15) is 0 Å². The van der Waals surface area contributed by atoms with Crippen LogP contribution >= 0.6 is 0 Å². The molecule has 0 radical (unpaired) electrons. The van der Waals surface area contributed by atoms with Gasteiger partial charge in [-0.25, -0.2) is 8.42 Å². The minimum Gasteiger partial charge on any atom is -0.346 e. The smallest absolute Gasteiger partial charge is 0.244 e. The Kier molecular flexibility index (Phi) is 7.54. The van der Waals surface area contributed by atoms with Crippen molar-refractivity contribution in [2.24, 2.45) is 0 Å². The van der Waals surface area contributed by atoms with Crippen LogP contribution in [0, 0.1) is 6.92 Å². The lowest BCUT2D eigenvalue weighted by Crippen LogP contribution is -2.30. The van der Waals surface area contributed by atoms with E-state index < -0.39 is 10.0 Å². The summed E-state index contributed by atoms with van der Waals surface area (Å²) < 4.78 is 26.5. The van der Waals surface area contributed by atoms with Crippen LogP contribution in [0.25, 0.3) is 6.08 Å². The highest BCUT2D eigenvalue weighted by molar-refractivity contribution is 7.89. The first kappa shape index (κ1) is 21.9. The molecule has 0 spiro atoms. The van der Waals surface area contributed by atoms with Crippen LogP contribution in [0.15, 0.2) is 59.5 Å². The second-order valence-electron chi connectivity index (χ2n) is 6.58. The molecular weight excluding hydrogens is 372 g/mol. The summed E-state index contributed by atoms with van der Waals surface area (Å²) in [6.07, 6.45) is 3.30. The maximum Gasteiger partial charge on any atom is 0.244 e. The monoisotopic (exact) mass is 400 g/mol. The fourth-order valence-electron chi connectivity index (χ4n) is 2.93. The number of carbonyl (C=O) groups excluding carboxylic acids is 1. The van der Waals surface area contributed by atoms with Gasteiger partial charge in [-0.2, -0.15) is 4.31 Å². The van der Waals surface area contributed by atoms with Crippen LogP contribution in [0.5, 0.6) is 0 Å². The number of benzene rings is 2. The topological polar surface area (TPSA) is 66.5 Å². The van der Waals surface area contributed by atoms with Gasteiger partial charge in [-0.1, -0.05) is 50.2 Å². The third-order valence-electron chi connectivity index (χ3n) is 4.68. The van der Waals surface area contributed by atoms with Gasteiger partial charge < -0.3 is 5.32 Å². The Morgan fingerprint density at radius 1 is 1.07 bits per heavy atom. The quantitative estimate of drug-likeness (QED) is 0.683. The fraction of sp³-hybridized carbons (Fsp3) is 0.318. The first-order chi connectivity index (χ1) is 13.3. The zero-order valence-corrected chi connectivity index (χ0v) is 17.7. The van der Waals surface area contributed by atoms with Crippen LogP contribution in [-0.4, -0.2) is 31.7 Å². The van der Waals surface area contributed by atoms with Crippen LogP contribution in [0.2, 0.25) is 0 Å². The van der Waals surface area contributed by atoms with E-state index in [1.807, 2.05) is 52.0 Å². The van der Waals surface area contributed by atoms with E-state index in [9.17, 15) is 13.2 Å². The van der Waals surface area contributed by atoms with E-state index in [0.717, 1.165) is 16.7 Å². The third kappa shape index (κ3) is 5.30. The highest BCUT2D eigenvalue weighted by atomic mass is 32.2. The molecule has 2 aromatic rings. The van der Waals surface area contributed by atoms with Crippen LogP contribution in [0.4, 0.5) is 0 Å². The molecule has 28 heavy (non-hydrogen) atoms. The summed E-state index contributed by atoms with van der Waals surface area (Å²) in [5, 5.41) is 2.90. The summed E-state index contributed by atoms with van der Waals surface area (Å²) in [6.45, 7) is 8.36. The lowest BCUT2D eigenvalue weighted by molar-refractivity contribution is -0.117. The highest BCUT2D eigenvalue weighted by Gasteiger charge is 2.21. The molecule has 0 aliphatic carbocycles. The number of carbonyl (C=O) groups is 1. The molecule has 0 aliphatic rings. The number of sulfonamides is 1. The predicted molar refractivity (Wildman–Crippen MR) is 113 cm³/mol. The van der Waals surface area contributed by atoms with Crippen LogP contribution in [0.1, 0.15) is 43.5 Å². The minimum absolute atomic E-state index is 0.199. The van der Waals surface area contributed by atoms with Crippen molar-refractivity contribution in [1.82, 2.24) is 9.62 Å². The first-order valence-electron chi connectivity index (χ1n) is 9.43. The molecule has 150 valence electrons. The van der Waals surface area contributed by atoms with E-state index in [1.54, 1.807) is 30.3 Å². The average Bonchev–Trinajstić information content (AvgIpc) is 2.68. The fourth-order valence-corrected chi connectivity index (χ4v) is 4.38. The molecule has 0 bridgehead atoms. The van der Waals surface area contributed by atoms with Gasteiger partial charge in [0.15, 0.2) is 0 Å². The molecule has 1 N–H and O–H groups in total. The molecule has 2 rings (SSSR count). The molecule has 0 fully saturated rings. The molecule has 6 heteroatoms. The van der Waals surface area contributed by atoms with Gasteiger partial charge in [0.25, 0.3) is 0 Å². The molecule has 0 heterocycles. The molecule has 2 aromatic carbocycles.